The second kappa shape index (κ2) is 4.86. The molecule has 0 aliphatic carbocycles. The molecule has 0 saturated carbocycles. The van der Waals surface area contributed by atoms with Gasteiger partial charge in [-0.15, -0.1) is 0 Å². The lowest BCUT2D eigenvalue weighted by Gasteiger charge is -2.43. The SMILES string of the molecule is Cc1cc(N2C(=O)[C@H]3[C@H]4[C@@H]2OCC[C@@]42O[C@]3(C)C[C@@H]2O)cc(C)c1C#N. The standard InChI is InChI=1S/C20H22N2O4/c1-10-6-12(7-11(2)13(10)9-21)22-17(24)15-16-18(22)25-5-4-20(16)14(23)8-19(15,3)26-20/h6-7,14-16,18,23H,4-5,8H2,1-3H3/t14-,15+,16-,18-,19+,20-/m0/s1. The summed E-state index contributed by atoms with van der Waals surface area (Å²) in [6, 6.07) is 5.99. The molecule has 1 N–H and O–H groups in total. The first kappa shape index (κ1) is 16.2. The Bertz CT molecular complexity index is 854. The highest BCUT2D eigenvalue weighted by Gasteiger charge is 2.78. The van der Waals surface area contributed by atoms with E-state index in [0.29, 0.717) is 25.0 Å². The molecule has 2 bridgehead atoms. The summed E-state index contributed by atoms with van der Waals surface area (Å²) in [5.41, 5.74) is 1.79. The molecule has 5 rings (SSSR count). The molecule has 4 heterocycles. The van der Waals surface area contributed by atoms with E-state index in [1.165, 1.54) is 0 Å². The molecule has 6 nitrogen and oxygen atoms in total. The van der Waals surface area contributed by atoms with Gasteiger partial charge in [-0.3, -0.25) is 9.69 Å². The predicted molar refractivity (Wildman–Crippen MR) is 92.3 cm³/mol. The number of fused-ring (bicyclic) bond motifs is 2. The van der Waals surface area contributed by atoms with E-state index in [1.54, 1.807) is 4.90 Å². The van der Waals surface area contributed by atoms with Crippen molar-refractivity contribution in [2.24, 2.45) is 11.8 Å². The molecular formula is C20H22N2O4. The molecule has 1 aromatic rings. The van der Waals surface area contributed by atoms with Crippen molar-refractivity contribution in [2.75, 3.05) is 11.5 Å². The van der Waals surface area contributed by atoms with Crippen LogP contribution in [0.2, 0.25) is 0 Å². The molecule has 4 aliphatic rings. The molecule has 6 atom stereocenters. The zero-order valence-electron chi connectivity index (χ0n) is 15.2. The smallest absolute Gasteiger partial charge is 0.235 e. The molecule has 0 radical (unpaired) electrons. The van der Waals surface area contributed by atoms with Crippen molar-refractivity contribution in [2.45, 2.75) is 57.1 Å². The van der Waals surface area contributed by atoms with E-state index in [1.807, 2.05) is 32.9 Å². The molecule has 26 heavy (non-hydrogen) atoms. The maximum atomic E-state index is 13.4. The summed E-state index contributed by atoms with van der Waals surface area (Å²) in [5, 5.41) is 20.0. The predicted octanol–water partition coefficient (Wildman–Crippen LogP) is 1.79. The Morgan fingerprint density at radius 2 is 2.04 bits per heavy atom. The summed E-state index contributed by atoms with van der Waals surface area (Å²) in [4.78, 5) is 15.2. The van der Waals surface area contributed by atoms with Gasteiger partial charge in [0.1, 0.15) is 11.8 Å². The minimum absolute atomic E-state index is 0.00156. The first-order valence-electron chi connectivity index (χ1n) is 9.17. The van der Waals surface area contributed by atoms with Gasteiger partial charge in [-0.05, 0) is 44.0 Å². The highest BCUT2D eigenvalue weighted by molar-refractivity contribution is 6.00. The van der Waals surface area contributed by atoms with Gasteiger partial charge in [-0.1, -0.05) is 0 Å². The normalized spacial score (nSPS) is 42.9. The second-order valence-corrected chi connectivity index (χ2v) is 8.38. The zero-order chi connectivity index (χ0) is 18.4. The molecule has 136 valence electrons. The van der Waals surface area contributed by atoms with E-state index in [2.05, 4.69) is 6.07 Å². The van der Waals surface area contributed by atoms with Gasteiger partial charge in [0.05, 0.1) is 41.8 Å². The minimum Gasteiger partial charge on any atom is -0.390 e. The number of anilines is 1. The van der Waals surface area contributed by atoms with Crippen LogP contribution >= 0.6 is 0 Å². The lowest BCUT2D eigenvalue weighted by Crippen LogP contribution is -2.56. The Balaban J connectivity index is 1.64. The van der Waals surface area contributed by atoms with Crippen LogP contribution in [0.25, 0.3) is 0 Å². The second-order valence-electron chi connectivity index (χ2n) is 8.38. The van der Waals surface area contributed by atoms with Crippen LogP contribution in [0, 0.1) is 37.0 Å². The van der Waals surface area contributed by atoms with Crippen molar-refractivity contribution in [3.8, 4) is 6.07 Å². The van der Waals surface area contributed by atoms with Gasteiger partial charge >= 0.3 is 0 Å². The Labute approximate surface area is 152 Å². The molecule has 0 aromatic heterocycles. The third-order valence-corrected chi connectivity index (χ3v) is 6.92. The van der Waals surface area contributed by atoms with Crippen LogP contribution in [-0.2, 0) is 14.3 Å². The lowest BCUT2D eigenvalue weighted by atomic mass is 9.65. The first-order valence-corrected chi connectivity index (χ1v) is 9.17. The summed E-state index contributed by atoms with van der Waals surface area (Å²) in [6.07, 6.45) is 0.127. The number of aryl methyl sites for hydroxylation is 2. The lowest BCUT2D eigenvalue weighted by molar-refractivity contribution is -0.163. The van der Waals surface area contributed by atoms with Gasteiger partial charge in [0, 0.05) is 18.5 Å². The van der Waals surface area contributed by atoms with Gasteiger partial charge in [0.2, 0.25) is 5.91 Å². The van der Waals surface area contributed by atoms with E-state index in [0.717, 1.165) is 16.8 Å². The molecule has 0 unspecified atom stereocenters. The van der Waals surface area contributed by atoms with E-state index in [9.17, 15) is 15.2 Å². The average Bonchev–Trinajstić information content (AvgIpc) is 3.11. The Morgan fingerprint density at radius 3 is 2.69 bits per heavy atom. The largest absolute Gasteiger partial charge is 0.390 e. The Hall–Kier alpha value is -1.94. The van der Waals surface area contributed by atoms with Crippen LogP contribution in [-0.4, -0.2) is 41.2 Å². The van der Waals surface area contributed by atoms with Crippen LogP contribution < -0.4 is 4.90 Å². The van der Waals surface area contributed by atoms with Crippen molar-refractivity contribution >= 4 is 11.6 Å². The summed E-state index contributed by atoms with van der Waals surface area (Å²) >= 11 is 0. The van der Waals surface area contributed by atoms with E-state index >= 15 is 0 Å². The number of rotatable bonds is 1. The molecule has 1 spiro atoms. The number of carbonyl (C=O) groups is 1. The topological polar surface area (TPSA) is 82.8 Å². The summed E-state index contributed by atoms with van der Waals surface area (Å²) in [7, 11) is 0. The van der Waals surface area contributed by atoms with Gasteiger partial charge in [0.15, 0.2) is 0 Å². The number of carbonyl (C=O) groups excluding carboxylic acids is 1. The van der Waals surface area contributed by atoms with Crippen LogP contribution in [0.4, 0.5) is 5.69 Å². The molecule has 4 aliphatic heterocycles. The average molecular weight is 354 g/mol. The number of nitrogens with zero attached hydrogens (tertiary/aromatic N) is 2. The van der Waals surface area contributed by atoms with E-state index in [-0.39, 0.29) is 17.7 Å². The molecule has 6 heteroatoms. The fourth-order valence-corrected chi connectivity index (χ4v) is 5.93. The van der Waals surface area contributed by atoms with Crippen LogP contribution in [0.1, 0.15) is 36.5 Å². The number of aliphatic hydroxyl groups is 1. The van der Waals surface area contributed by atoms with E-state index in [4.69, 9.17) is 9.47 Å². The number of benzene rings is 1. The van der Waals surface area contributed by atoms with Crippen LogP contribution in [0.3, 0.4) is 0 Å². The first-order chi connectivity index (χ1) is 12.3. The van der Waals surface area contributed by atoms with Gasteiger partial charge in [-0.2, -0.15) is 5.26 Å². The van der Waals surface area contributed by atoms with Crippen LogP contribution in [0.15, 0.2) is 12.1 Å². The maximum Gasteiger partial charge on any atom is 0.235 e. The number of nitriles is 1. The zero-order valence-corrected chi connectivity index (χ0v) is 15.2. The Kier molecular flexibility index (Phi) is 3.04. The molecular weight excluding hydrogens is 332 g/mol. The van der Waals surface area contributed by atoms with Gasteiger partial charge in [-0.25, -0.2) is 0 Å². The number of hydrogen-bond acceptors (Lipinski definition) is 5. The van der Waals surface area contributed by atoms with Crippen molar-refractivity contribution in [3.05, 3.63) is 28.8 Å². The fraction of sp³-hybridized carbons (Fsp3) is 0.600. The van der Waals surface area contributed by atoms with Crippen molar-refractivity contribution in [3.63, 3.8) is 0 Å². The highest BCUT2D eigenvalue weighted by atomic mass is 16.6. The molecule has 1 amide bonds. The third kappa shape index (κ3) is 1.69. The van der Waals surface area contributed by atoms with Crippen molar-refractivity contribution in [1.82, 2.24) is 0 Å². The number of ether oxygens (including phenoxy) is 2. The number of amides is 1. The van der Waals surface area contributed by atoms with Gasteiger partial charge < -0.3 is 14.6 Å². The summed E-state index contributed by atoms with van der Waals surface area (Å²) < 4.78 is 12.4. The monoisotopic (exact) mass is 354 g/mol. The Morgan fingerprint density at radius 1 is 1.35 bits per heavy atom. The summed E-state index contributed by atoms with van der Waals surface area (Å²) in [5.74, 6) is -0.456. The molecule has 4 fully saturated rings. The maximum absolute atomic E-state index is 13.4. The number of hydrogen-bond donors (Lipinski definition) is 1. The fourth-order valence-electron chi connectivity index (χ4n) is 5.93. The minimum atomic E-state index is -0.677. The summed E-state index contributed by atoms with van der Waals surface area (Å²) in [6.45, 7) is 6.18. The highest BCUT2D eigenvalue weighted by Crippen LogP contribution is 2.65. The third-order valence-electron chi connectivity index (χ3n) is 6.92. The van der Waals surface area contributed by atoms with E-state index < -0.39 is 23.5 Å². The molecule has 4 saturated heterocycles. The molecule has 1 aromatic carbocycles. The number of aliphatic hydroxyl groups excluding tert-OH is 1. The quantitative estimate of drug-likeness (QED) is 0.831. The van der Waals surface area contributed by atoms with Crippen molar-refractivity contribution < 1.29 is 19.4 Å². The van der Waals surface area contributed by atoms with Gasteiger partial charge in [0.25, 0.3) is 0 Å². The van der Waals surface area contributed by atoms with Crippen molar-refractivity contribution in [1.29, 1.82) is 5.26 Å². The van der Waals surface area contributed by atoms with Crippen LogP contribution in [0.5, 0.6) is 0 Å².